The van der Waals surface area contributed by atoms with E-state index < -0.39 is 18.1 Å². The van der Waals surface area contributed by atoms with Crippen molar-refractivity contribution in [3.05, 3.63) is 24.3 Å². The van der Waals surface area contributed by atoms with Gasteiger partial charge in [-0.1, -0.05) is 0 Å². The number of carbonyl (C=O) groups is 2. The normalized spacial score (nSPS) is 21.8. The molecule has 7 heteroatoms. The van der Waals surface area contributed by atoms with Crippen LogP contribution in [0.4, 0.5) is 0 Å². The van der Waals surface area contributed by atoms with Crippen LogP contribution in [0.5, 0.6) is 11.5 Å². The van der Waals surface area contributed by atoms with Crippen LogP contribution in [0.15, 0.2) is 24.3 Å². The number of ether oxygens (including phenoxy) is 3. The number of methoxy groups -OCH3 is 2. The number of amides is 1. The fourth-order valence-electron chi connectivity index (χ4n) is 2.59. The Kier molecular flexibility index (Phi) is 5.44. The molecule has 0 spiro atoms. The van der Waals surface area contributed by atoms with Crippen LogP contribution in [-0.4, -0.2) is 60.9 Å². The summed E-state index contributed by atoms with van der Waals surface area (Å²) in [5.41, 5.74) is 0. The van der Waals surface area contributed by atoms with Gasteiger partial charge in [0.25, 0.3) is 5.91 Å². The first-order chi connectivity index (χ1) is 11.0. The molecule has 7 nitrogen and oxygen atoms in total. The van der Waals surface area contributed by atoms with Crippen molar-refractivity contribution in [3.63, 3.8) is 0 Å². The van der Waals surface area contributed by atoms with Crippen molar-refractivity contribution in [1.82, 2.24) is 4.90 Å². The van der Waals surface area contributed by atoms with E-state index in [9.17, 15) is 14.7 Å². The summed E-state index contributed by atoms with van der Waals surface area (Å²) in [6.07, 6.45) is -0.776. The topological polar surface area (TPSA) is 85.3 Å². The Morgan fingerprint density at radius 2 is 1.83 bits per heavy atom. The lowest BCUT2D eigenvalue weighted by Gasteiger charge is -2.25. The molecule has 1 aromatic carbocycles. The zero-order valence-electron chi connectivity index (χ0n) is 13.4. The van der Waals surface area contributed by atoms with E-state index in [4.69, 9.17) is 14.2 Å². The van der Waals surface area contributed by atoms with E-state index in [1.54, 1.807) is 38.3 Å². The number of rotatable bonds is 6. The average Bonchev–Trinajstić information content (AvgIpc) is 2.99. The van der Waals surface area contributed by atoms with Gasteiger partial charge >= 0.3 is 5.97 Å². The highest BCUT2D eigenvalue weighted by atomic mass is 16.5. The van der Waals surface area contributed by atoms with Gasteiger partial charge in [-0.15, -0.1) is 0 Å². The van der Waals surface area contributed by atoms with Gasteiger partial charge in [-0.2, -0.15) is 0 Å². The third-order valence-corrected chi connectivity index (χ3v) is 3.88. The van der Waals surface area contributed by atoms with Gasteiger partial charge in [0.15, 0.2) is 6.10 Å². The van der Waals surface area contributed by atoms with Gasteiger partial charge in [-0.25, -0.2) is 4.79 Å². The second-order valence-electron chi connectivity index (χ2n) is 5.37. The summed E-state index contributed by atoms with van der Waals surface area (Å²) < 4.78 is 15.8. The number of carboxylic acid groups (broad SMARTS) is 1. The van der Waals surface area contributed by atoms with E-state index in [2.05, 4.69) is 0 Å². The maximum atomic E-state index is 12.5. The van der Waals surface area contributed by atoms with Gasteiger partial charge in [-0.3, -0.25) is 4.79 Å². The number of carbonyl (C=O) groups excluding carboxylic acids is 1. The zero-order valence-corrected chi connectivity index (χ0v) is 13.4. The molecule has 0 bridgehead atoms. The minimum Gasteiger partial charge on any atom is -0.497 e. The van der Waals surface area contributed by atoms with E-state index in [1.165, 1.54) is 12.0 Å². The molecule has 1 fully saturated rings. The Morgan fingerprint density at radius 3 is 2.35 bits per heavy atom. The first-order valence-electron chi connectivity index (χ1n) is 7.33. The van der Waals surface area contributed by atoms with Crippen molar-refractivity contribution in [3.8, 4) is 11.5 Å². The first kappa shape index (κ1) is 17.1. The van der Waals surface area contributed by atoms with Crippen molar-refractivity contribution in [1.29, 1.82) is 0 Å². The highest BCUT2D eigenvalue weighted by Crippen LogP contribution is 2.23. The molecule has 1 saturated heterocycles. The molecule has 1 aliphatic heterocycles. The monoisotopic (exact) mass is 323 g/mol. The lowest BCUT2D eigenvalue weighted by atomic mass is 10.2. The maximum absolute atomic E-state index is 12.5. The van der Waals surface area contributed by atoms with Crippen LogP contribution in [0, 0.1) is 0 Å². The van der Waals surface area contributed by atoms with Gasteiger partial charge in [-0.05, 0) is 31.2 Å². The van der Waals surface area contributed by atoms with Crippen molar-refractivity contribution in [2.75, 3.05) is 20.8 Å². The predicted molar refractivity (Wildman–Crippen MR) is 81.6 cm³/mol. The third kappa shape index (κ3) is 3.92. The number of hydrogen-bond acceptors (Lipinski definition) is 5. The van der Waals surface area contributed by atoms with Crippen LogP contribution in [0.1, 0.15) is 13.3 Å². The molecule has 0 saturated carbocycles. The highest BCUT2D eigenvalue weighted by molar-refractivity contribution is 5.87. The van der Waals surface area contributed by atoms with Crippen molar-refractivity contribution in [2.24, 2.45) is 0 Å². The van der Waals surface area contributed by atoms with Crippen molar-refractivity contribution in [2.45, 2.75) is 31.6 Å². The average molecular weight is 323 g/mol. The van der Waals surface area contributed by atoms with Crippen molar-refractivity contribution >= 4 is 11.9 Å². The van der Waals surface area contributed by atoms with Crippen LogP contribution >= 0.6 is 0 Å². The molecule has 1 heterocycles. The summed E-state index contributed by atoms with van der Waals surface area (Å²) in [6.45, 7) is 1.86. The fourth-order valence-corrected chi connectivity index (χ4v) is 2.59. The summed E-state index contributed by atoms with van der Waals surface area (Å²) in [5.74, 6) is -0.201. The molecule has 1 aromatic rings. The van der Waals surface area contributed by atoms with Gasteiger partial charge < -0.3 is 24.2 Å². The Morgan fingerprint density at radius 1 is 1.22 bits per heavy atom. The number of likely N-dealkylation sites (tertiary alicyclic amines) is 1. The molecule has 0 aliphatic carbocycles. The molecule has 126 valence electrons. The molecule has 0 radical (unpaired) electrons. The predicted octanol–water partition coefficient (Wildman–Crippen LogP) is 1.16. The molecule has 1 aliphatic rings. The SMILES string of the molecule is COc1ccc(OC(C)C(=O)N2CC(OC)CC2C(=O)O)cc1. The standard InChI is InChI=1S/C16H21NO6/c1-10(23-12-6-4-11(21-2)5-7-12)15(18)17-9-13(22-3)8-14(17)16(19)20/h4-7,10,13-14H,8-9H2,1-3H3,(H,19,20). The largest absolute Gasteiger partial charge is 0.497 e. The van der Waals surface area contributed by atoms with Crippen LogP contribution < -0.4 is 9.47 Å². The molecular weight excluding hydrogens is 302 g/mol. The number of carboxylic acids is 1. The van der Waals surface area contributed by atoms with Gasteiger partial charge in [0.2, 0.25) is 0 Å². The Hall–Kier alpha value is -2.28. The minimum absolute atomic E-state index is 0.253. The van der Waals surface area contributed by atoms with E-state index in [1.807, 2.05) is 0 Å². The van der Waals surface area contributed by atoms with E-state index in [0.717, 1.165) is 0 Å². The van der Waals surface area contributed by atoms with Gasteiger partial charge in [0.05, 0.1) is 13.2 Å². The lowest BCUT2D eigenvalue weighted by molar-refractivity contribution is -0.150. The quantitative estimate of drug-likeness (QED) is 0.846. The summed E-state index contributed by atoms with van der Waals surface area (Å²) in [4.78, 5) is 25.1. The summed E-state index contributed by atoms with van der Waals surface area (Å²) in [7, 11) is 3.07. The second kappa shape index (κ2) is 7.32. The van der Waals surface area contributed by atoms with Crippen molar-refractivity contribution < 1.29 is 28.9 Å². The molecule has 3 atom stereocenters. The third-order valence-electron chi connectivity index (χ3n) is 3.88. The smallest absolute Gasteiger partial charge is 0.326 e. The Balaban J connectivity index is 2.04. The van der Waals surface area contributed by atoms with Crippen LogP contribution in [0.3, 0.4) is 0 Å². The minimum atomic E-state index is -1.03. The summed E-state index contributed by atoms with van der Waals surface area (Å²) in [5, 5.41) is 9.27. The number of benzene rings is 1. The molecular formula is C16H21NO6. The summed E-state index contributed by atoms with van der Waals surface area (Å²) >= 11 is 0. The van der Waals surface area contributed by atoms with E-state index in [-0.39, 0.29) is 25.0 Å². The summed E-state index contributed by atoms with van der Waals surface area (Å²) in [6, 6.07) is 5.96. The lowest BCUT2D eigenvalue weighted by Crippen LogP contribution is -2.46. The Labute approximate surface area is 134 Å². The van der Waals surface area contributed by atoms with Gasteiger partial charge in [0, 0.05) is 20.1 Å². The molecule has 1 N–H and O–H groups in total. The zero-order chi connectivity index (χ0) is 17.0. The molecule has 0 aromatic heterocycles. The van der Waals surface area contributed by atoms with Crippen LogP contribution in [0.2, 0.25) is 0 Å². The van der Waals surface area contributed by atoms with Crippen LogP contribution in [0.25, 0.3) is 0 Å². The number of aliphatic carboxylic acids is 1. The molecule has 1 amide bonds. The first-order valence-corrected chi connectivity index (χ1v) is 7.33. The number of nitrogens with zero attached hydrogens (tertiary/aromatic N) is 1. The van der Waals surface area contributed by atoms with E-state index in [0.29, 0.717) is 11.5 Å². The Bertz CT molecular complexity index is 558. The molecule has 23 heavy (non-hydrogen) atoms. The number of hydrogen-bond donors (Lipinski definition) is 1. The maximum Gasteiger partial charge on any atom is 0.326 e. The van der Waals surface area contributed by atoms with Crippen LogP contribution in [-0.2, 0) is 14.3 Å². The van der Waals surface area contributed by atoms with E-state index >= 15 is 0 Å². The molecule has 3 unspecified atom stereocenters. The highest BCUT2D eigenvalue weighted by Gasteiger charge is 2.41. The van der Waals surface area contributed by atoms with Gasteiger partial charge in [0.1, 0.15) is 17.5 Å². The fraction of sp³-hybridized carbons (Fsp3) is 0.500. The second-order valence-corrected chi connectivity index (χ2v) is 5.37. The molecule has 2 rings (SSSR count).